The summed E-state index contributed by atoms with van der Waals surface area (Å²) in [4.78, 5) is 14.6. The van der Waals surface area contributed by atoms with Crippen molar-refractivity contribution in [3.05, 3.63) is 65.2 Å². The monoisotopic (exact) mass is 424 g/mol. The molecule has 1 aliphatic heterocycles. The summed E-state index contributed by atoms with van der Waals surface area (Å²) in [6.07, 6.45) is 4.49. The summed E-state index contributed by atoms with van der Waals surface area (Å²) in [5, 5.41) is 3.02. The van der Waals surface area contributed by atoms with Crippen molar-refractivity contribution in [2.24, 2.45) is 0 Å². The first kappa shape index (κ1) is 23.3. The SMILES string of the molecule is CCc1ccc(CCC(=O)NCc2cccc(OCCN(C)C3CCOCC3)c2)cc1. The van der Waals surface area contributed by atoms with Crippen LogP contribution in [0.4, 0.5) is 0 Å². The Labute approximate surface area is 186 Å². The number of carbonyl (C=O) groups is 1. The van der Waals surface area contributed by atoms with E-state index in [2.05, 4.69) is 48.5 Å². The van der Waals surface area contributed by atoms with E-state index in [-0.39, 0.29) is 5.91 Å². The normalized spacial score (nSPS) is 14.5. The van der Waals surface area contributed by atoms with E-state index in [9.17, 15) is 4.79 Å². The van der Waals surface area contributed by atoms with Gasteiger partial charge in [0, 0.05) is 38.8 Å². The van der Waals surface area contributed by atoms with Gasteiger partial charge in [-0.2, -0.15) is 0 Å². The maximum absolute atomic E-state index is 12.2. The Morgan fingerprint density at radius 3 is 2.58 bits per heavy atom. The molecule has 1 heterocycles. The number of nitrogens with one attached hydrogen (secondary N) is 1. The Hall–Kier alpha value is -2.37. The minimum atomic E-state index is 0.0731. The minimum Gasteiger partial charge on any atom is -0.492 e. The lowest BCUT2D eigenvalue weighted by molar-refractivity contribution is -0.121. The molecule has 1 saturated heterocycles. The summed E-state index contributed by atoms with van der Waals surface area (Å²) in [5.41, 5.74) is 3.58. The topological polar surface area (TPSA) is 50.8 Å². The van der Waals surface area contributed by atoms with Crippen molar-refractivity contribution < 1.29 is 14.3 Å². The molecule has 0 bridgehead atoms. The van der Waals surface area contributed by atoms with Gasteiger partial charge in [-0.1, -0.05) is 43.3 Å². The smallest absolute Gasteiger partial charge is 0.220 e. The lowest BCUT2D eigenvalue weighted by atomic mass is 10.1. The maximum Gasteiger partial charge on any atom is 0.220 e. The third kappa shape index (κ3) is 8.00. The number of carbonyl (C=O) groups excluding carboxylic acids is 1. The van der Waals surface area contributed by atoms with E-state index in [4.69, 9.17) is 9.47 Å². The first-order valence-corrected chi connectivity index (χ1v) is 11.5. The third-order valence-electron chi connectivity index (χ3n) is 5.99. The van der Waals surface area contributed by atoms with E-state index in [0.29, 0.717) is 25.6 Å². The molecular formula is C26H36N2O3. The Morgan fingerprint density at radius 1 is 1.10 bits per heavy atom. The first-order valence-electron chi connectivity index (χ1n) is 11.5. The van der Waals surface area contributed by atoms with Gasteiger partial charge in [0.05, 0.1) is 0 Å². The van der Waals surface area contributed by atoms with Gasteiger partial charge in [0.15, 0.2) is 0 Å². The summed E-state index contributed by atoms with van der Waals surface area (Å²) in [6.45, 7) is 5.93. The zero-order valence-corrected chi connectivity index (χ0v) is 18.9. The van der Waals surface area contributed by atoms with Crippen LogP contribution in [-0.4, -0.2) is 50.3 Å². The van der Waals surface area contributed by atoms with Gasteiger partial charge >= 0.3 is 0 Å². The highest BCUT2D eigenvalue weighted by Gasteiger charge is 2.18. The van der Waals surface area contributed by atoms with E-state index < -0.39 is 0 Å². The largest absolute Gasteiger partial charge is 0.492 e. The summed E-state index contributed by atoms with van der Waals surface area (Å²) >= 11 is 0. The molecule has 2 aromatic carbocycles. The number of rotatable bonds is 11. The fourth-order valence-electron chi connectivity index (χ4n) is 3.85. The average Bonchev–Trinajstić information content (AvgIpc) is 2.82. The van der Waals surface area contributed by atoms with Gasteiger partial charge in [0.25, 0.3) is 0 Å². The van der Waals surface area contributed by atoms with Crippen LogP contribution in [0.2, 0.25) is 0 Å². The van der Waals surface area contributed by atoms with Crippen LogP contribution in [0.25, 0.3) is 0 Å². The number of hydrogen-bond donors (Lipinski definition) is 1. The number of likely N-dealkylation sites (N-methyl/N-ethyl adjacent to an activating group) is 1. The van der Waals surface area contributed by atoms with Crippen LogP contribution in [0.3, 0.4) is 0 Å². The van der Waals surface area contributed by atoms with Crippen LogP contribution in [0.5, 0.6) is 5.75 Å². The van der Waals surface area contributed by atoms with Crippen molar-refractivity contribution in [2.75, 3.05) is 33.4 Å². The minimum absolute atomic E-state index is 0.0731. The van der Waals surface area contributed by atoms with Crippen molar-refractivity contribution >= 4 is 5.91 Å². The second-order valence-electron chi connectivity index (χ2n) is 8.27. The lowest BCUT2D eigenvalue weighted by Gasteiger charge is -2.31. The number of nitrogens with zero attached hydrogens (tertiary/aromatic N) is 1. The quantitative estimate of drug-likeness (QED) is 0.593. The van der Waals surface area contributed by atoms with Crippen molar-refractivity contribution in [2.45, 2.75) is 51.6 Å². The maximum atomic E-state index is 12.2. The molecule has 168 valence electrons. The molecule has 31 heavy (non-hydrogen) atoms. The Bertz CT molecular complexity index is 801. The summed E-state index contributed by atoms with van der Waals surface area (Å²) in [7, 11) is 2.16. The Balaban J connectivity index is 1.36. The highest BCUT2D eigenvalue weighted by Crippen LogP contribution is 2.15. The van der Waals surface area contributed by atoms with Gasteiger partial charge in [-0.3, -0.25) is 9.69 Å². The second-order valence-corrected chi connectivity index (χ2v) is 8.27. The molecule has 1 fully saturated rings. The molecule has 1 N–H and O–H groups in total. The molecule has 0 atom stereocenters. The van der Waals surface area contributed by atoms with Gasteiger partial charge < -0.3 is 14.8 Å². The molecule has 5 nitrogen and oxygen atoms in total. The van der Waals surface area contributed by atoms with E-state index in [0.717, 1.165) is 56.8 Å². The van der Waals surface area contributed by atoms with Crippen LogP contribution >= 0.6 is 0 Å². The average molecular weight is 425 g/mol. The number of hydrogen-bond acceptors (Lipinski definition) is 4. The molecule has 0 saturated carbocycles. The van der Waals surface area contributed by atoms with Crippen molar-refractivity contribution in [3.8, 4) is 5.75 Å². The van der Waals surface area contributed by atoms with Crippen LogP contribution in [0.1, 0.15) is 42.9 Å². The zero-order valence-electron chi connectivity index (χ0n) is 18.9. The van der Waals surface area contributed by atoms with Crippen LogP contribution in [0, 0.1) is 0 Å². The predicted molar refractivity (Wildman–Crippen MR) is 124 cm³/mol. The highest BCUT2D eigenvalue weighted by atomic mass is 16.5. The standard InChI is InChI=1S/C26H36N2O3/c1-3-21-7-9-22(10-8-21)11-12-26(29)27-20-23-5-4-6-25(19-23)31-18-15-28(2)24-13-16-30-17-14-24/h4-10,19,24H,3,11-18,20H2,1-2H3,(H,27,29). The van der Waals surface area contributed by atoms with E-state index >= 15 is 0 Å². The molecule has 3 rings (SSSR count). The lowest BCUT2D eigenvalue weighted by Crippen LogP contribution is -2.38. The van der Waals surface area contributed by atoms with Crippen LogP contribution in [-0.2, 0) is 28.9 Å². The second kappa shape index (κ2) is 12.5. The van der Waals surface area contributed by atoms with E-state index in [1.807, 2.05) is 24.3 Å². The number of benzene rings is 2. The summed E-state index contributed by atoms with van der Waals surface area (Å²) in [6, 6.07) is 17.1. The predicted octanol–water partition coefficient (Wildman–Crippen LogP) is 3.99. The molecular weight excluding hydrogens is 388 g/mol. The van der Waals surface area contributed by atoms with E-state index in [1.54, 1.807) is 0 Å². The number of ether oxygens (including phenoxy) is 2. The van der Waals surface area contributed by atoms with Crippen LogP contribution < -0.4 is 10.1 Å². The number of amides is 1. The van der Waals surface area contributed by atoms with E-state index in [1.165, 1.54) is 11.1 Å². The van der Waals surface area contributed by atoms with Gasteiger partial charge in [-0.05, 0) is 61.6 Å². The van der Waals surface area contributed by atoms with Gasteiger partial charge in [-0.15, -0.1) is 0 Å². The third-order valence-corrected chi connectivity index (χ3v) is 5.99. The van der Waals surface area contributed by atoms with Crippen molar-refractivity contribution in [1.29, 1.82) is 0 Å². The molecule has 0 aromatic heterocycles. The fourth-order valence-corrected chi connectivity index (χ4v) is 3.85. The highest BCUT2D eigenvalue weighted by molar-refractivity contribution is 5.76. The molecule has 0 radical (unpaired) electrons. The number of aryl methyl sites for hydroxylation is 2. The molecule has 5 heteroatoms. The van der Waals surface area contributed by atoms with Gasteiger partial charge in [-0.25, -0.2) is 0 Å². The molecule has 0 aliphatic carbocycles. The summed E-state index contributed by atoms with van der Waals surface area (Å²) < 4.78 is 11.4. The zero-order chi connectivity index (χ0) is 21.9. The fraction of sp³-hybridized carbons (Fsp3) is 0.500. The van der Waals surface area contributed by atoms with Gasteiger partial charge in [0.2, 0.25) is 5.91 Å². The molecule has 0 unspecified atom stereocenters. The first-order chi connectivity index (χ1) is 15.1. The molecule has 2 aromatic rings. The van der Waals surface area contributed by atoms with Crippen LogP contribution in [0.15, 0.2) is 48.5 Å². The molecule has 1 aliphatic rings. The molecule has 0 spiro atoms. The van der Waals surface area contributed by atoms with Gasteiger partial charge in [0.1, 0.15) is 12.4 Å². The molecule has 1 amide bonds. The Kier molecular flexibility index (Phi) is 9.38. The Morgan fingerprint density at radius 2 is 1.84 bits per heavy atom. The van der Waals surface area contributed by atoms with Crippen molar-refractivity contribution in [3.63, 3.8) is 0 Å². The summed E-state index contributed by atoms with van der Waals surface area (Å²) in [5.74, 6) is 0.923. The van der Waals surface area contributed by atoms with Crippen molar-refractivity contribution in [1.82, 2.24) is 10.2 Å².